The van der Waals surface area contributed by atoms with Gasteiger partial charge in [0.2, 0.25) is 17.0 Å². The topological polar surface area (TPSA) is 64.3 Å². The van der Waals surface area contributed by atoms with Gasteiger partial charge in [-0.15, -0.1) is 0 Å². The van der Waals surface area contributed by atoms with Gasteiger partial charge in [-0.3, -0.25) is 14.4 Å². The third-order valence-corrected chi connectivity index (χ3v) is 3.90. The molecule has 0 amide bonds. The number of fused-ring (bicyclic) bond motifs is 3. The van der Waals surface area contributed by atoms with Gasteiger partial charge in [-0.1, -0.05) is 35.9 Å². The fourth-order valence-corrected chi connectivity index (χ4v) is 2.81. The molecule has 1 aliphatic carbocycles. The average Bonchev–Trinajstić information content (AvgIpc) is 2.53. The predicted molar refractivity (Wildman–Crippen MR) is 80.5 cm³/mol. The Balaban J connectivity index is 2.15. The first-order valence-corrected chi connectivity index (χ1v) is 6.84. The van der Waals surface area contributed by atoms with Crippen LogP contribution in [0.2, 0.25) is 0 Å². The van der Waals surface area contributed by atoms with Crippen molar-refractivity contribution in [3.8, 4) is 0 Å². The zero-order chi connectivity index (χ0) is 15.4. The van der Waals surface area contributed by atoms with E-state index in [1.807, 2.05) is 6.92 Å². The van der Waals surface area contributed by atoms with Crippen molar-refractivity contribution in [1.82, 2.24) is 0 Å². The fourth-order valence-electron chi connectivity index (χ4n) is 2.81. The van der Waals surface area contributed by atoms with E-state index >= 15 is 0 Å². The molecule has 0 bridgehead atoms. The fraction of sp³-hybridized carbons (Fsp3) is 0.0556. The average molecular weight is 290 g/mol. The zero-order valence-corrected chi connectivity index (χ0v) is 11.7. The SMILES string of the molecule is Cc1ccc2oc3c(c(=O)c2c1)C(=O)c1ccccc1C3=O. The third-order valence-electron chi connectivity index (χ3n) is 3.90. The molecule has 4 rings (SSSR count). The number of hydrogen-bond acceptors (Lipinski definition) is 4. The summed E-state index contributed by atoms with van der Waals surface area (Å²) in [6, 6.07) is 11.6. The van der Waals surface area contributed by atoms with Crippen molar-refractivity contribution < 1.29 is 14.0 Å². The second-order valence-electron chi connectivity index (χ2n) is 5.34. The lowest BCUT2D eigenvalue weighted by Gasteiger charge is -2.16. The molecule has 0 saturated carbocycles. The van der Waals surface area contributed by atoms with Gasteiger partial charge in [0.25, 0.3) is 0 Å². The van der Waals surface area contributed by atoms with Crippen LogP contribution in [0.15, 0.2) is 51.7 Å². The minimum atomic E-state index is -0.456. The second-order valence-corrected chi connectivity index (χ2v) is 5.34. The van der Waals surface area contributed by atoms with Gasteiger partial charge >= 0.3 is 0 Å². The monoisotopic (exact) mass is 290 g/mol. The molecule has 2 aromatic carbocycles. The Morgan fingerprint density at radius 2 is 1.55 bits per heavy atom. The van der Waals surface area contributed by atoms with E-state index in [1.165, 1.54) is 0 Å². The normalized spacial score (nSPS) is 13.1. The minimum absolute atomic E-state index is 0.162. The van der Waals surface area contributed by atoms with Crippen molar-refractivity contribution in [3.05, 3.63) is 80.7 Å². The Labute approximate surface area is 125 Å². The van der Waals surface area contributed by atoms with E-state index in [2.05, 4.69) is 0 Å². The molecule has 4 heteroatoms. The van der Waals surface area contributed by atoms with E-state index in [9.17, 15) is 14.4 Å². The summed E-state index contributed by atoms with van der Waals surface area (Å²) >= 11 is 0. The van der Waals surface area contributed by atoms with Gasteiger partial charge in [-0.2, -0.15) is 0 Å². The second kappa shape index (κ2) is 4.24. The van der Waals surface area contributed by atoms with E-state index in [1.54, 1.807) is 42.5 Å². The molecule has 0 saturated heterocycles. The van der Waals surface area contributed by atoms with Crippen LogP contribution in [0.25, 0.3) is 11.0 Å². The predicted octanol–water partition coefficient (Wildman–Crippen LogP) is 2.88. The van der Waals surface area contributed by atoms with Crippen LogP contribution in [0.5, 0.6) is 0 Å². The van der Waals surface area contributed by atoms with Gasteiger partial charge < -0.3 is 4.42 Å². The highest BCUT2D eigenvalue weighted by Gasteiger charge is 2.34. The molecule has 106 valence electrons. The van der Waals surface area contributed by atoms with Gasteiger partial charge in [-0.25, -0.2) is 0 Å². The van der Waals surface area contributed by atoms with Gasteiger partial charge in [0, 0.05) is 11.1 Å². The molecule has 0 radical (unpaired) electrons. The number of carbonyl (C=O) groups is 2. The highest BCUT2D eigenvalue weighted by Crippen LogP contribution is 2.27. The first kappa shape index (κ1) is 12.7. The van der Waals surface area contributed by atoms with Gasteiger partial charge in [0.05, 0.1) is 5.39 Å². The number of rotatable bonds is 0. The van der Waals surface area contributed by atoms with Crippen LogP contribution in [0, 0.1) is 6.92 Å². The van der Waals surface area contributed by atoms with E-state index in [-0.39, 0.29) is 22.5 Å². The Hall–Kier alpha value is -3.01. The van der Waals surface area contributed by atoms with Gasteiger partial charge in [0.15, 0.2) is 5.76 Å². The number of ketones is 2. The van der Waals surface area contributed by atoms with Crippen LogP contribution >= 0.6 is 0 Å². The lowest BCUT2D eigenvalue weighted by Crippen LogP contribution is -2.28. The number of carbonyl (C=O) groups excluding carboxylic acids is 2. The Bertz CT molecular complexity index is 1040. The van der Waals surface area contributed by atoms with E-state index < -0.39 is 17.0 Å². The summed E-state index contributed by atoms with van der Waals surface area (Å²) in [5.74, 6) is -1.04. The molecular formula is C18H10O4. The smallest absolute Gasteiger partial charge is 0.229 e. The summed E-state index contributed by atoms with van der Waals surface area (Å²) in [5, 5.41) is 0.319. The summed E-state index contributed by atoms with van der Waals surface area (Å²) in [6.07, 6.45) is 0. The van der Waals surface area contributed by atoms with Crippen molar-refractivity contribution >= 4 is 22.5 Å². The van der Waals surface area contributed by atoms with E-state index in [4.69, 9.17) is 4.42 Å². The Kier molecular flexibility index (Phi) is 2.45. The summed E-state index contributed by atoms with van der Waals surface area (Å²) in [5.41, 5.74) is 1.10. The molecule has 0 atom stereocenters. The summed E-state index contributed by atoms with van der Waals surface area (Å²) < 4.78 is 5.59. The molecular weight excluding hydrogens is 280 g/mol. The lowest BCUT2D eigenvalue weighted by atomic mass is 9.87. The summed E-state index contributed by atoms with van der Waals surface area (Å²) in [4.78, 5) is 37.8. The first-order valence-electron chi connectivity index (χ1n) is 6.84. The number of aryl methyl sites for hydroxylation is 1. The van der Waals surface area contributed by atoms with Gasteiger partial charge in [-0.05, 0) is 19.1 Å². The van der Waals surface area contributed by atoms with Crippen LogP contribution in [-0.2, 0) is 0 Å². The van der Waals surface area contributed by atoms with Crippen molar-refractivity contribution in [2.45, 2.75) is 6.92 Å². The lowest BCUT2D eigenvalue weighted by molar-refractivity contribution is 0.0957. The maximum atomic E-state index is 12.7. The summed E-state index contributed by atoms with van der Waals surface area (Å²) in [6.45, 7) is 1.85. The Morgan fingerprint density at radius 1 is 0.864 bits per heavy atom. The zero-order valence-electron chi connectivity index (χ0n) is 11.7. The van der Waals surface area contributed by atoms with Crippen LogP contribution < -0.4 is 5.43 Å². The van der Waals surface area contributed by atoms with Gasteiger partial charge in [0.1, 0.15) is 11.1 Å². The molecule has 3 aromatic rings. The quantitative estimate of drug-likeness (QED) is 0.499. The molecule has 1 aliphatic rings. The molecule has 0 N–H and O–H groups in total. The highest BCUT2D eigenvalue weighted by atomic mass is 16.3. The largest absolute Gasteiger partial charge is 0.452 e. The maximum Gasteiger partial charge on any atom is 0.229 e. The van der Waals surface area contributed by atoms with E-state index in [0.717, 1.165) is 5.56 Å². The molecule has 0 spiro atoms. The van der Waals surface area contributed by atoms with Crippen LogP contribution in [0.3, 0.4) is 0 Å². The minimum Gasteiger partial charge on any atom is -0.452 e. The molecule has 0 aliphatic heterocycles. The highest BCUT2D eigenvalue weighted by molar-refractivity contribution is 6.27. The number of hydrogen-bond donors (Lipinski definition) is 0. The molecule has 1 heterocycles. The van der Waals surface area contributed by atoms with Crippen molar-refractivity contribution in [3.63, 3.8) is 0 Å². The van der Waals surface area contributed by atoms with Crippen LogP contribution in [0.4, 0.5) is 0 Å². The number of benzene rings is 2. The molecule has 1 aromatic heterocycles. The molecule has 22 heavy (non-hydrogen) atoms. The van der Waals surface area contributed by atoms with Crippen molar-refractivity contribution in [2.24, 2.45) is 0 Å². The maximum absolute atomic E-state index is 12.7. The van der Waals surface area contributed by atoms with Crippen LogP contribution in [0.1, 0.15) is 37.6 Å². The Morgan fingerprint density at radius 3 is 2.27 bits per heavy atom. The first-order chi connectivity index (χ1) is 10.6. The van der Waals surface area contributed by atoms with Crippen molar-refractivity contribution in [1.29, 1.82) is 0 Å². The molecule has 0 unspecified atom stereocenters. The molecule has 4 nitrogen and oxygen atoms in total. The van der Waals surface area contributed by atoms with Crippen LogP contribution in [-0.4, -0.2) is 11.6 Å². The summed E-state index contributed by atoms with van der Waals surface area (Å²) in [7, 11) is 0. The van der Waals surface area contributed by atoms with E-state index in [0.29, 0.717) is 11.0 Å². The standard InChI is InChI=1S/C18H10O4/c1-9-6-7-13-12(8-9)16(20)14-15(19)10-4-2-3-5-11(10)17(21)18(14)22-13/h2-8H,1H3. The molecule has 0 fully saturated rings. The third kappa shape index (κ3) is 1.55. The van der Waals surface area contributed by atoms with Crippen molar-refractivity contribution in [2.75, 3.05) is 0 Å².